The zero-order valence-corrected chi connectivity index (χ0v) is 20.0. The molecule has 31 heavy (non-hydrogen) atoms. The highest BCUT2D eigenvalue weighted by atomic mass is 79.9. The van der Waals surface area contributed by atoms with E-state index in [2.05, 4.69) is 35.1 Å². The van der Waals surface area contributed by atoms with Gasteiger partial charge in [0.2, 0.25) is 5.91 Å². The zero-order chi connectivity index (χ0) is 23.0. The molecule has 0 radical (unpaired) electrons. The van der Waals surface area contributed by atoms with E-state index in [1.165, 1.54) is 17.0 Å². The molecule has 1 atom stereocenters. The lowest BCUT2D eigenvalue weighted by Gasteiger charge is -2.30. The number of rotatable bonds is 10. The Balaban J connectivity index is 2.20. The minimum absolute atomic E-state index is 0.186. The van der Waals surface area contributed by atoms with Crippen molar-refractivity contribution in [2.75, 3.05) is 13.2 Å². The molecule has 5 nitrogen and oxygen atoms in total. The summed E-state index contributed by atoms with van der Waals surface area (Å²) in [5, 5.41) is 2.79. The Bertz CT molecular complexity index is 887. The van der Waals surface area contributed by atoms with Crippen LogP contribution in [-0.2, 0) is 16.1 Å². The molecule has 2 rings (SSSR count). The van der Waals surface area contributed by atoms with Crippen molar-refractivity contribution in [3.05, 3.63) is 63.9 Å². The van der Waals surface area contributed by atoms with E-state index in [9.17, 15) is 14.0 Å². The van der Waals surface area contributed by atoms with E-state index in [-0.39, 0.29) is 30.8 Å². The van der Waals surface area contributed by atoms with Crippen LogP contribution >= 0.6 is 15.9 Å². The van der Waals surface area contributed by atoms with E-state index in [0.717, 1.165) is 15.6 Å². The number of nitrogens with one attached hydrogen (secondary N) is 1. The summed E-state index contributed by atoms with van der Waals surface area (Å²) < 4.78 is 19.8. The van der Waals surface area contributed by atoms with E-state index >= 15 is 0 Å². The summed E-state index contributed by atoms with van der Waals surface area (Å²) in [6.45, 7) is 8.34. The third kappa shape index (κ3) is 7.06. The Kier molecular flexibility index (Phi) is 9.49. The van der Waals surface area contributed by atoms with E-state index in [1.54, 1.807) is 12.1 Å². The monoisotopic (exact) mass is 492 g/mol. The Labute approximate surface area is 192 Å². The highest BCUT2D eigenvalue weighted by Gasteiger charge is 2.28. The number of benzene rings is 2. The van der Waals surface area contributed by atoms with Gasteiger partial charge in [-0.25, -0.2) is 4.39 Å². The second-order valence-corrected chi connectivity index (χ2v) is 8.45. The first-order valence-electron chi connectivity index (χ1n) is 10.5. The molecule has 2 aromatic rings. The molecule has 0 unspecified atom stereocenters. The van der Waals surface area contributed by atoms with Gasteiger partial charge in [-0.3, -0.25) is 9.59 Å². The molecule has 0 aliphatic carbocycles. The Morgan fingerprint density at radius 2 is 1.81 bits per heavy atom. The van der Waals surface area contributed by atoms with Crippen LogP contribution in [0, 0.1) is 5.82 Å². The Morgan fingerprint density at radius 1 is 1.13 bits per heavy atom. The Morgan fingerprint density at radius 3 is 2.35 bits per heavy atom. The summed E-state index contributed by atoms with van der Waals surface area (Å²) in [5.74, 6) is 0.0479. The number of likely N-dealkylation sites (N-methyl/N-ethyl adjacent to an activating group) is 1. The summed E-state index contributed by atoms with van der Waals surface area (Å²) in [7, 11) is 0. The lowest BCUT2D eigenvalue weighted by Crippen LogP contribution is -2.50. The van der Waals surface area contributed by atoms with Crippen molar-refractivity contribution in [2.45, 2.75) is 52.6 Å². The zero-order valence-electron chi connectivity index (χ0n) is 18.5. The third-order valence-electron chi connectivity index (χ3n) is 4.98. The average Bonchev–Trinajstić information content (AvgIpc) is 2.74. The highest BCUT2D eigenvalue weighted by Crippen LogP contribution is 2.29. The molecule has 0 aliphatic rings. The first kappa shape index (κ1) is 24.9. The molecule has 0 fully saturated rings. The maximum Gasteiger partial charge on any atom is 0.261 e. The molecule has 0 aromatic heterocycles. The number of ether oxygens (including phenoxy) is 1. The van der Waals surface area contributed by atoms with Crippen LogP contribution in [0.4, 0.5) is 4.39 Å². The maximum absolute atomic E-state index is 13.3. The molecular formula is C24H30BrFN2O3. The van der Waals surface area contributed by atoms with Crippen molar-refractivity contribution in [2.24, 2.45) is 0 Å². The fourth-order valence-electron chi connectivity index (χ4n) is 3.21. The van der Waals surface area contributed by atoms with Crippen LogP contribution in [0.15, 0.2) is 46.9 Å². The minimum Gasteiger partial charge on any atom is -0.483 e. The van der Waals surface area contributed by atoms with Crippen molar-refractivity contribution in [3.8, 4) is 5.75 Å². The van der Waals surface area contributed by atoms with Crippen molar-refractivity contribution >= 4 is 27.7 Å². The van der Waals surface area contributed by atoms with Gasteiger partial charge in [0, 0.05) is 13.1 Å². The van der Waals surface area contributed by atoms with Crippen LogP contribution < -0.4 is 10.1 Å². The summed E-state index contributed by atoms with van der Waals surface area (Å²) >= 11 is 3.50. The predicted octanol–water partition coefficient (Wildman–Crippen LogP) is 5.03. The second kappa shape index (κ2) is 11.8. The van der Waals surface area contributed by atoms with Gasteiger partial charge in [0.15, 0.2) is 6.61 Å². The number of amides is 2. The summed E-state index contributed by atoms with van der Waals surface area (Å²) in [5.41, 5.74) is 1.89. The lowest BCUT2D eigenvalue weighted by molar-refractivity contribution is -0.142. The third-order valence-corrected chi connectivity index (χ3v) is 5.60. The molecule has 0 bridgehead atoms. The van der Waals surface area contributed by atoms with Crippen LogP contribution in [-0.4, -0.2) is 35.9 Å². The highest BCUT2D eigenvalue weighted by molar-refractivity contribution is 9.10. The van der Waals surface area contributed by atoms with E-state index in [4.69, 9.17) is 4.74 Å². The van der Waals surface area contributed by atoms with Crippen molar-refractivity contribution in [3.63, 3.8) is 0 Å². The molecule has 2 aromatic carbocycles. The van der Waals surface area contributed by atoms with Gasteiger partial charge in [-0.05, 0) is 70.6 Å². The van der Waals surface area contributed by atoms with E-state index in [1.807, 2.05) is 32.0 Å². The normalized spacial score (nSPS) is 11.8. The van der Waals surface area contributed by atoms with Crippen LogP contribution in [0.5, 0.6) is 5.75 Å². The van der Waals surface area contributed by atoms with Gasteiger partial charge < -0.3 is 15.0 Å². The van der Waals surface area contributed by atoms with Crippen molar-refractivity contribution < 1.29 is 18.7 Å². The second-order valence-electron chi connectivity index (χ2n) is 7.60. The predicted molar refractivity (Wildman–Crippen MR) is 123 cm³/mol. The lowest BCUT2D eigenvalue weighted by atomic mass is 10.0. The van der Waals surface area contributed by atoms with Gasteiger partial charge in [0.05, 0.1) is 4.47 Å². The first-order valence-corrected chi connectivity index (χ1v) is 11.3. The number of carbonyl (C=O) groups excluding carboxylic acids is 2. The number of halogens is 2. The Hall–Kier alpha value is -2.41. The molecule has 0 aliphatic heterocycles. The molecule has 168 valence electrons. The van der Waals surface area contributed by atoms with Gasteiger partial charge >= 0.3 is 0 Å². The SMILES string of the molecule is CCNC(=O)[C@@H](CC)N(Cc1ccc(F)cc1)C(=O)COc1ccc(C(C)C)cc1Br. The minimum atomic E-state index is -0.645. The molecule has 0 saturated heterocycles. The van der Waals surface area contributed by atoms with Crippen LogP contribution in [0.25, 0.3) is 0 Å². The van der Waals surface area contributed by atoms with Crippen LogP contribution in [0.1, 0.15) is 51.2 Å². The van der Waals surface area contributed by atoms with Gasteiger partial charge in [-0.2, -0.15) is 0 Å². The van der Waals surface area contributed by atoms with Crippen LogP contribution in [0.3, 0.4) is 0 Å². The van der Waals surface area contributed by atoms with Gasteiger partial charge in [0.1, 0.15) is 17.6 Å². The molecule has 2 amide bonds. The molecular weight excluding hydrogens is 463 g/mol. The van der Waals surface area contributed by atoms with Crippen molar-refractivity contribution in [1.29, 1.82) is 0 Å². The molecule has 0 heterocycles. The standard InChI is InChI=1S/C24H30BrFN2O3/c1-5-21(24(30)27-6-2)28(14-17-7-10-19(26)11-8-17)23(29)15-31-22-12-9-18(16(3)4)13-20(22)25/h7-13,16,21H,5-6,14-15H2,1-4H3,(H,27,30)/t21-/m1/s1. The van der Waals surface area contributed by atoms with E-state index < -0.39 is 6.04 Å². The first-order chi connectivity index (χ1) is 14.8. The topological polar surface area (TPSA) is 58.6 Å². The van der Waals surface area contributed by atoms with Gasteiger partial charge in [0.25, 0.3) is 5.91 Å². The van der Waals surface area contributed by atoms with Gasteiger partial charge in [-0.1, -0.05) is 39.0 Å². The largest absolute Gasteiger partial charge is 0.483 e. The maximum atomic E-state index is 13.3. The quantitative estimate of drug-likeness (QED) is 0.505. The smallest absolute Gasteiger partial charge is 0.261 e. The van der Waals surface area contributed by atoms with Crippen LogP contribution in [0.2, 0.25) is 0 Å². The fraction of sp³-hybridized carbons (Fsp3) is 0.417. The van der Waals surface area contributed by atoms with Gasteiger partial charge in [-0.15, -0.1) is 0 Å². The van der Waals surface area contributed by atoms with E-state index in [0.29, 0.717) is 24.6 Å². The summed E-state index contributed by atoms with van der Waals surface area (Å²) in [4.78, 5) is 27.2. The number of hydrogen-bond acceptors (Lipinski definition) is 3. The molecule has 0 saturated carbocycles. The summed E-state index contributed by atoms with van der Waals surface area (Å²) in [6.07, 6.45) is 0.450. The van der Waals surface area contributed by atoms with Crippen molar-refractivity contribution in [1.82, 2.24) is 10.2 Å². The average molecular weight is 493 g/mol. The number of hydrogen-bond donors (Lipinski definition) is 1. The molecule has 0 spiro atoms. The molecule has 1 N–H and O–H groups in total. The summed E-state index contributed by atoms with van der Waals surface area (Å²) in [6, 6.07) is 11.0. The molecule has 7 heteroatoms. The number of nitrogens with zero attached hydrogens (tertiary/aromatic N) is 1. The number of carbonyl (C=O) groups is 2. The fourth-order valence-corrected chi connectivity index (χ4v) is 3.72.